The summed E-state index contributed by atoms with van der Waals surface area (Å²) in [7, 11) is 1.60. The largest absolute Gasteiger partial charge is 0.495 e. The molecule has 6 nitrogen and oxygen atoms in total. The first-order valence-corrected chi connectivity index (χ1v) is 9.48. The van der Waals surface area contributed by atoms with Crippen LogP contribution in [0.25, 0.3) is 0 Å². The van der Waals surface area contributed by atoms with Gasteiger partial charge in [-0.2, -0.15) is 0 Å². The summed E-state index contributed by atoms with van der Waals surface area (Å²) in [5, 5.41) is 0.844. The number of rotatable bonds is 5. The lowest BCUT2D eigenvalue weighted by Gasteiger charge is -2.31. The first-order chi connectivity index (χ1) is 12.9. The summed E-state index contributed by atoms with van der Waals surface area (Å²) >= 11 is 12.7. The third kappa shape index (κ3) is 4.06. The molecule has 3 rings (SSSR count). The Hall–Kier alpha value is -2.18. The Labute approximate surface area is 168 Å². The standard InChI is InChI=1S/C19H22Cl2N4O2/c1-27-12-6-5-11(24-9-12)3-2-4-15(26)25-8-7-13-14(10-25)17(21)19(23)18(22)16(13)20/h5-6,9H,2-4,7-8,10,22-23H2,1H3. The van der Waals surface area contributed by atoms with Gasteiger partial charge in [0.15, 0.2) is 0 Å². The van der Waals surface area contributed by atoms with Crippen LogP contribution in [0.2, 0.25) is 10.0 Å². The van der Waals surface area contributed by atoms with Gasteiger partial charge in [-0.25, -0.2) is 0 Å². The number of aryl methyl sites for hydroxylation is 1. The molecule has 0 atom stereocenters. The van der Waals surface area contributed by atoms with Gasteiger partial charge in [-0.1, -0.05) is 23.2 Å². The SMILES string of the molecule is COc1ccc(CCCC(=O)N2CCc3c(Cl)c(N)c(N)c(Cl)c3C2)nc1. The molecule has 0 aliphatic carbocycles. The molecule has 0 saturated heterocycles. The number of nitrogen functional groups attached to an aromatic ring is 2. The van der Waals surface area contributed by atoms with Crippen LogP contribution in [0.1, 0.15) is 29.7 Å². The number of fused-ring (bicyclic) bond motifs is 1. The lowest BCUT2D eigenvalue weighted by molar-refractivity contribution is -0.132. The number of carbonyl (C=O) groups is 1. The summed E-state index contributed by atoms with van der Waals surface area (Å²) in [5.41, 5.74) is 15.0. The molecule has 0 saturated carbocycles. The molecule has 1 aliphatic rings. The van der Waals surface area contributed by atoms with Crippen LogP contribution < -0.4 is 16.2 Å². The number of carbonyl (C=O) groups excluding carboxylic acids is 1. The Balaban J connectivity index is 1.60. The molecule has 1 aliphatic heterocycles. The number of anilines is 2. The maximum atomic E-state index is 12.6. The summed E-state index contributed by atoms with van der Waals surface area (Å²) in [6, 6.07) is 3.78. The minimum Gasteiger partial charge on any atom is -0.495 e. The minimum atomic E-state index is 0.0803. The first kappa shape index (κ1) is 19.6. The van der Waals surface area contributed by atoms with Crippen molar-refractivity contribution in [2.75, 3.05) is 25.1 Å². The van der Waals surface area contributed by atoms with E-state index in [1.54, 1.807) is 18.2 Å². The molecular weight excluding hydrogens is 387 g/mol. The van der Waals surface area contributed by atoms with E-state index < -0.39 is 0 Å². The minimum absolute atomic E-state index is 0.0803. The van der Waals surface area contributed by atoms with Crippen molar-refractivity contribution in [3.63, 3.8) is 0 Å². The highest BCUT2D eigenvalue weighted by Gasteiger charge is 2.27. The molecule has 0 spiro atoms. The quantitative estimate of drug-likeness (QED) is 0.738. The highest BCUT2D eigenvalue weighted by atomic mass is 35.5. The van der Waals surface area contributed by atoms with Gasteiger partial charge in [-0.15, -0.1) is 0 Å². The van der Waals surface area contributed by atoms with Gasteiger partial charge in [0, 0.05) is 25.2 Å². The number of ether oxygens (including phenoxy) is 1. The predicted octanol–water partition coefficient (Wildman–Crippen LogP) is 3.47. The van der Waals surface area contributed by atoms with Gasteiger partial charge in [0.05, 0.1) is 34.7 Å². The van der Waals surface area contributed by atoms with Gasteiger partial charge in [-0.05, 0) is 42.5 Å². The fourth-order valence-corrected chi connectivity index (χ4v) is 3.83. The van der Waals surface area contributed by atoms with Crippen molar-refractivity contribution >= 4 is 40.5 Å². The summed E-state index contributed by atoms with van der Waals surface area (Å²) < 4.78 is 5.09. The molecule has 27 heavy (non-hydrogen) atoms. The van der Waals surface area contributed by atoms with Crippen molar-refractivity contribution in [1.82, 2.24) is 9.88 Å². The average Bonchev–Trinajstić information content (AvgIpc) is 2.70. The number of hydrogen-bond donors (Lipinski definition) is 2. The Kier molecular flexibility index (Phi) is 5.97. The number of benzene rings is 1. The first-order valence-electron chi connectivity index (χ1n) is 8.72. The van der Waals surface area contributed by atoms with Crippen molar-refractivity contribution in [3.05, 3.63) is 45.2 Å². The van der Waals surface area contributed by atoms with Crippen molar-refractivity contribution < 1.29 is 9.53 Å². The molecule has 1 aromatic carbocycles. The lowest BCUT2D eigenvalue weighted by atomic mass is 9.97. The Morgan fingerprint density at radius 1 is 1.22 bits per heavy atom. The average molecular weight is 409 g/mol. The van der Waals surface area contributed by atoms with Crippen molar-refractivity contribution in [1.29, 1.82) is 0 Å². The number of halogens is 2. The fourth-order valence-electron chi connectivity index (χ4n) is 3.24. The molecule has 0 bridgehead atoms. The monoisotopic (exact) mass is 408 g/mol. The molecule has 0 radical (unpaired) electrons. The zero-order chi connectivity index (χ0) is 19.6. The van der Waals surface area contributed by atoms with E-state index in [0.29, 0.717) is 41.7 Å². The zero-order valence-corrected chi connectivity index (χ0v) is 16.6. The topological polar surface area (TPSA) is 94.5 Å². The molecule has 1 aromatic heterocycles. The van der Waals surface area contributed by atoms with Crippen LogP contribution in [0.15, 0.2) is 18.3 Å². The normalized spacial score (nSPS) is 13.4. The highest BCUT2D eigenvalue weighted by Crippen LogP contribution is 2.41. The van der Waals surface area contributed by atoms with Crippen LogP contribution in [0.4, 0.5) is 11.4 Å². The fraction of sp³-hybridized carbons (Fsp3) is 0.368. The molecule has 1 amide bonds. The van der Waals surface area contributed by atoms with Crippen LogP contribution >= 0.6 is 23.2 Å². The molecule has 4 N–H and O–H groups in total. The number of amides is 1. The van der Waals surface area contributed by atoms with Gasteiger partial charge < -0.3 is 21.1 Å². The summed E-state index contributed by atoms with van der Waals surface area (Å²) in [5.74, 6) is 0.800. The van der Waals surface area contributed by atoms with Gasteiger partial charge in [0.25, 0.3) is 0 Å². The lowest BCUT2D eigenvalue weighted by Crippen LogP contribution is -2.36. The molecule has 2 aromatic rings. The number of pyridine rings is 1. The number of nitrogens with two attached hydrogens (primary N) is 2. The van der Waals surface area contributed by atoms with E-state index in [-0.39, 0.29) is 11.6 Å². The van der Waals surface area contributed by atoms with E-state index in [4.69, 9.17) is 39.4 Å². The van der Waals surface area contributed by atoms with E-state index in [1.165, 1.54) is 0 Å². The van der Waals surface area contributed by atoms with E-state index >= 15 is 0 Å². The number of methoxy groups -OCH3 is 1. The molecule has 2 heterocycles. The molecule has 0 fully saturated rings. The van der Waals surface area contributed by atoms with Crippen molar-refractivity contribution in [3.8, 4) is 5.75 Å². The second-order valence-corrected chi connectivity index (χ2v) is 7.28. The van der Waals surface area contributed by atoms with Gasteiger partial charge >= 0.3 is 0 Å². The van der Waals surface area contributed by atoms with E-state index in [2.05, 4.69) is 4.98 Å². The number of hydrogen-bond acceptors (Lipinski definition) is 5. The van der Waals surface area contributed by atoms with E-state index in [0.717, 1.165) is 35.4 Å². The van der Waals surface area contributed by atoms with E-state index in [1.807, 2.05) is 12.1 Å². The van der Waals surface area contributed by atoms with Crippen LogP contribution in [0.3, 0.4) is 0 Å². The van der Waals surface area contributed by atoms with E-state index in [9.17, 15) is 4.79 Å². The summed E-state index contributed by atoms with van der Waals surface area (Å²) in [6.07, 6.45) is 4.19. The highest BCUT2D eigenvalue weighted by molar-refractivity contribution is 6.39. The maximum absolute atomic E-state index is 12.6. The van der Waals surface area contributed by atoms with Crippen LogP contribution in [-0.4, -0.2) is 29.4 Å². The second-order valence-electron chi connectivity index (χ2n) is 6.52. The summed E-state index contributed by atoms with van der Waals surface area (Å²) in [6.45, 7) is 0.990. The smallest absolute Gasteiger partial charge is 0.222 e. The third-order valence-corrected chi connectivity index (χ3v) is 5.71. The van der Waals surface area contributed by atoms with Crippen LogP contribution in [0.5, 0.6) is 5.75 Å². The van der Waals surface area contributed by atoms with Crippen LogP contribution in [-0.2, 0) is 24.2 Å². The Morgan fingerprint density at radius 2 is 1.93 bits per heavy atom. The van der Waals surface area contributed by atoms with Gasteiger partial charge in [0.2, 0.25) is 5.91 Å². The molecule has 144 valence electrons. The van der Waals surface area contributed by atoms with Gasteiger partial charge in [-0.3, -0.25) is 9.78 Å². The molecule has 8 heteroatoms. The van der Waals surface area contributed by atoms with Crippen molar-refractivity contribution in [2.45, 2.75) is 32.2 Å². The second kappa shape index (κ2) is 8.23. The predicted molar refractivity (Wildman–Crippen MR) is 108 cm³/mol. The molecular formula is C19H22Cl2N4O2. The Morgan fingerprint density at radius 3 is 2.56 bits per heavy atom. The third-order valence-electron chi connectivity index (χ3n) is 4.85. The van der Waals surface area contributed by atoms with Crippen LogP contribution in [0, 0.1) is 0 Å². The zero-order valence-electron chi connectivity index (χ0n) is 15.1. The number of nitrogens with zero attached hydrogens (tertiary/aromatic N) is 2. The Bertz CT molecular complexity index is 856. The molecule has 0 unspecified atom stereocenters. The van der Waals surface area contributed by atoms with Crippen molar-refractivity contribution in [2.24, 2.45) is 0 Å². The summed E-state index contributed by atoms with van der Waals surface area (Å²) in [4.78, 5) is 18.7. The number of aromatic nitrogens is 1. The van der Waals surface area contributed by atoms with Gasteiger partial charge in [0.1, 0.15) is 5.75 Å². The maximum Gasteiger partial charge on any atom is 0.222 e.